The summed E-state index contributed by atoms with van der Waals surface area (Å²) in [5.74, 6) is 0.120. The van der Waals surface area contributed by atoms with Crippen molar-refractivity contribution in [1.82, 2.24) is 0 Å². The fraction of sp³-hybridized carbons (Fsp3) is 0.565. The molecule has 2 aromatic carbocycles. The molecule has 2 aromatic rings. The molecule has 0 fully saturated rings. The summed E-state index contributed by atoms with van der Waals surface area (Å²) < 4.78 is 33.0. The van der Waals surface area contributed by atoms with Gasteiger partial charge in [-0.25, -0.2) is 0 Å². The molecule has 4 nitrogen and oxygen atoms in total. The molecule has 0 amide bonds. The Balaban J connectivity index is 1.82. The van der Waals surface area contributed by atoms with Gasteiger partial charge in [0.2, 0.25) is 0 Å². The van der Waals surface area contributed by atoms with Crippen LogP contribution in [-0.2, 0) is 16.5 Å². The highest BCUT2D eigenvalue weighted by Gasteiger charge is 2.18. The average Bonchev–Trinajstić information content (AvgIpc) is 2.67. The summed E-state index contributed by atoms with van der Waals surface area (Å²) in [6.45, 7) is 2.24. The second kappa shape index (κ2) is 11.4. The molecule has 0 aliphatic rings. The van der Waals surface area contributed by atoms with Crippen molar-refractivity contribution in [3.05, 3.63) is 35.9 Å². The predicted molar refractivity (Wildman–Crippen MR) is 116 cm³/mol. The monoisotopic (exact) mass is 406 g/mol. The predicted octanol–water partition coefficient (Wildman–Crippen LogP) is 6.65. The van der Waals surface area contributed by atoms with Gasteiger partial charge in [0.15, 0.2) is 0 Å². The Bertz CT molecular complexity index is 843. The van der Waals surface area contributed by atoms with Crippen molar-refractivity contribution in [2.45, 2.75) is 88.9 Å². The number of phenols is 1. The zero-order valence-corrected chi connectivity index (χ0v) is 17.8. The van der Waals surface area contributed by atoms with Crippen LogP contribution >= 0.6 is 0 Å². The molecule has 2 N–H and O–H groups in total. The van der Waals surface area contributed by atoms with Crippen molar-refractivity contribution in [3.8, 4) is 5.75 Å². The van der Waals surface area contributed by atoms with Crippen molar-refractivity contribution < 1.29 is 18.1 Å². The van der Waals surface area contributed by atoms with Crippen molar-refractivity contribution >= 4 is 20.9 Å². The Morgan fingerprint density at radius 2 is 1.29 bits per heavy atom. The van der Waals surface area contributed by atoms with Crippen LogP contribution in [0, 0.1) is 0 Å². The summed E-state index contributed by atoms with van der Waals surface area (Å²) in [7, 11) is -4.33. The highest BCUT2D eigenvalue weighted by molar-refractivity contribution is 7.86. The lowest BCUT2D eigenvalue weighted by Crippen LogP contribution is -2.01. The molecule has 156 valence electrons. The lowest BCUT2D eigenvalue weighted by Gasteiger charge is -2.11. The minimum Gasteiger partial charge on any atom is -0.507 e. The first-order chi connectivity index (χ1) is 13.4. The third kappa shape index (κ3) is 6.78. The van der Waals surface area contributed by atoms with E-state index in [0.29, 0.717) is 22.8 Å². The maximum absolute atomic E-state index is 11.7. The van der Waals surface area contributed by atoms with E-state index < -0.39 is 10.1 Å². The number of aryl methyl sites for hydroxylation is 1. The number of hydrogen-bond acceptors (Lipinski definition) is 3. The fourth-order valence-corrected chi connectivity index (χ4v) is 4.51. The number of phenolic OH excluding ortho intramolecular Hbond substituents is 1. The van der Waals surface area contributed by atoms with Gasteiger partial charge in [0.1, 0.15) is 10.6 Å². The molecule has 0 aliphatic carbocycles. The van der Waals surface area contributed by atoms with Gasteiger partial charge in [-0.15, -0.1) is 0 Å². The number of aromatic hydroxyl groups is 1. The van der Waals surface area contributed by atoms with Crippen LogP contribution in [0.3, 0.4) is 0 Å². The number of fused-ring (bicyclic) bond motifs is 1. The van der Waals surface area contributed by atoms with Crippen molar-refractivity contribution in [2.24, 2.45) is 0 Å². The number of rotatable bonds is 13. The summed E-state index contributed by atoms with van der Waals surface area (Å²) in [5, 5.41) is 11.3. The molecular formula is C23H34O4S. The Kier molecular flexibility index (Phi) is 9.26. The number of unbranched alkanes of at least 4 members (excludes halogenated alkanes) is 10. The van der Waals surface area contributed by atoms with E-state index in [-0.39, 0.29) is 10.6 Å². The second-order valence-electron chi connectivity index (χ2n) is 7.69. The smallest absolute Gasteiger partial charge is 0.295 e. The third-order valence-electron chi connectivity index (χ3n) is 5.38. The molecule has 0 aliphatic heterocycles. The first-order valence-electron chi connectivity index (χ1n) is 10.7. The van der Waals surface area contributed by atoms with E-state index in [0.717, 1.165) is 19.3 Å². The van der Waals surface area contributed by atoms with Crippen LogP contribution in [0.4, 0.5) is 0 Å². The molecule has 0 unspecified atom stereocenters. The summed E-state index contributed by atoms with van der Waals surface area (Å²) in [6, 6.07) is 8.15. The second-order valence-corrected chi connectivity index (χ2v) is 9.08. The molecule has 28 heavy (non-hydrogen) atoms. The molecule has 5 heteroatoms. The molecule has 0 spiro atoms. The van der Waals surface area contributed by atoms with Crippen LogP contribution < -0.4 is 0 Å². The molecule has 0 radical (unpaired) electrons. The van der Waals surface area contributed by atoms with Crippen molar-refractivity contribution in [3.63, 3.8) is 0 Å². The normalized spacial score (nSPS) is 11.9. The van der Waals surface area contributed by atoms with E-state index in [4.69, 9.17) is 0 Å². The summed E-state index contributed by atoms with van der Waals surface area (Å²) in [5.41, 5.74) is 0.585. The van der Waals surface area contributed by atoms with Crippen LogP contribution in [0.1, 0.15) is 83.1 Å². The standard InChI is InChI=1S/C23H34O4S/c1-2-3-4-5-6-7-8-9-10-11-12-15-19-18-22(28(25,26)27)20-16-13-14-17-21(20)23(19)24/h13-14,16-18,24H,2-12,15H2,1H3,(H,25,26,27). The SMILES string of the molecule is CCCCCCCCCCCCCc1cc(S(=O)(=O)O)c2ccccc2c1O. The van der Waals surface area contributed by atoms with Crippen molar-refractivity contribution in [2.75, 3.05) is 0 Å². The Hall–Kier alpha value is -1.59. The first kappa shape index (κ1) is 22.7. The minimum absolute atomic E-state index is 0.120. The first-order valence-corrected chi connectivity index (χ1v) is 12.1. The highest BCUT2D eigenvalue weighted by atomic mass is 32.2. The van der Waals surface area contributed by atoms with Crippen LogP contribution in [0.25, 0.3) is 10.8 Å². The summed E-state index contributed by atoms with van der Waals surface area (Å²) in [6.07, 6.45) is 14.2. The molecule has 0 saturated heterocycles. The molecular weight excluding hydrogens is 372 g/mol. The van der Waals surface area contributed by atoms with Gasteiger partial charge >= 0.3 is 0 Å². The lowest BCUT2D eigenvalue weighted by atomic mass is 10.00. The zero-order valence-electron chi connectivity index (χ0n) is 17.0. The minimum atomic E-state index is -4.33. The zero-order chi connectivity index (χ0) is 20.4. The highest BCUT2D eigenvalue weighted by Crippen LogP contribution is 2.34. The van der Waals surface area contributed by atoms with E-state index in [9.17, 15) is 18.1 Å². The van der Waals surface area contributed by atoms with Gasteiger partial charge in [0.05, 0.1) is 0 Å². The van der Waals surface area contributed by atoms with E-state index in [1.165, 1.54) is 57.4 Å². The van der Waals surface area contributed by atoms with Gasteiger partial charge in [-0.05, 0) is 24.5 Å². The molecule has 0 aromatic heterocycles. The van der Waals surface area contributed by atoms with Gasteiger partial charge in [-0.2, -0.15) is 8.42 Å². The van der Waals surface area contributed by atoms with Gasteiger partial charge in [0, 0.05) is 10.8 Å². The summed E-state index contributed by atoms with van der Waals surface area (Å²) in [4.78, 5) is -0.126. The topological polar surface area (TPSA) is 74.6 Å². The van der Waals surface area contributed by atoms with Gasteiger partial charge < -0.3 is 5.11 Å². The summed E-state index contributed by atoms with van der Waals surface area (Å²) >= 11 is 0. The number of hydrogen-bond donors (Lipinski definition) is 2. The van der Waals surface area contributed by atoms with E-state index in [1.807, 2.05) is 0 Å². The maximum Gasteiger partial charge on any atom is 0.295 e. The van der Waals surface area contributed by atoms with Crippen molar-refractivity contribution in [1.29, 1.82) is 0 Å². The molecule has 2 rings (SSSR count). The van der Waals surface area contributed by atoms with E-state index in [1.54, 1.807) is 24.3 Å². The van der Waals surface area contributed by atoms with E-state index in [2.05, 4.69) is 6.92 Å². The maximum atomic E-state index is 11.7. The van der Waals surface area contributed by atoms with Crippen LogP contribution in [0.5, 0.6) is 5.75 Å². The fourth-order valence-electron chi connectivity index (χ4n) is 3.77. The Morgan fingerprint density at radius 1 is 0.786 bits per heavy atom. The molecule has 0 bridgehead atoms. The number of benzene rings is 2. The van der Waals surface area contributed by atoms with Gasteiger partial charge in [0.25, 0.3) is 10.1 Å². The van der Waals surface area contributed by atoms with Gasteiger partial charge in [-0.1, -0.05) is 95.4 Å². The van der Waals surface area contributed by atoms with Crippen LogP contribution in [0.2, 0.25) is 0 Å². The largest absolute Gasteiger partial charge is 0.507 e. The molecule has 0 heterocycles. The third-order valence-corrected chi connectivity index (χ3v) is 6.28. The van der Waals surface area contributed by atoms with Crippen LogP contribution in [-0.4, -0.2) is 18.1 Å². The molecule has 0 saturated carbocycles. The lowest BCUT2D eigenvalue weighted by molar-refractivity contribution is 0.470. The Labute approximate surface area is 169 Å². The van der Waals surface area contributed by atoms with Gasteiger partial charge in [-0.3, -0.25) is 4.55 Å². The average molecular weight is 407 g/mol. The van der Waals surface area contributed by atoms with E-state index >= 15 is 0 Å². The van der Waals surface area contributed by atoms with Crippen LogP contribution in [0.15, 0.2) is 35.2 Å². The quantitative estimate of drug-likeness (QED) is 0.288. The Morgan fingerprint density at radius 3 is 1.82 bits per heavy atom. The molecule has 0 atom stereocenters.